The van der Waals surface area contributed by atoms with Crippen molar-refractivity contribution in [1.82, 2.24) is 24.6 Å². The van der Waals surface area contributed by atoms with Crippen LogP contribution in [0.3, 0.4) is 0 Å². The van der Waals surface area contributed by atoms with Crippen LogP contribution in [0.15, 0.2) is 30.7 Å². The largest absolute Gasteiger partial charge is 0.347 e. The van der Waals surface area contributed by atoms with Crippen molar-refractivity contribution >= 4 is 16.9 Å². The number of fused-ring (bicyclic) bond motifs is 2. The van der Waals surface area contributed by atoms with E-state index in [1.165, 1.54) is 0 Å². The molecule has 6 heteroatoms. The number of aromatic nitrogens is 4. The first-order valence-corrected chi connectivity index (χ1v) is 6.91. The van der Waals surface area contributed by atoms with Gasteiger partial charge in [0, 0.05) is 43.2 Å². The molecule has 0 bridgehead atoms. The van der Waals surface area contributed by atoms with E-state index in [1.54, 1.807) is 10.9 Å². The second-order valence-corrected chi connectivity index (χ2v) is 5.54. The first-order valence-electron chi connectivity index (χ1n) is 6.91. The van der Waals surface area contributed by atoms with Gasteiger partial charge in [-0.25, -0.2) is 0 Å². The lowest BCUT2D eigenvalue weighted by Gasteiger charge is -2.22. The van der Waals surface area contributed by atoms with E-state index in [-0.39, 0.29) is 11.9 Å². The standard InChI is InChI=1S/C15H15N5O/c1-9-7-20-8-11(4-14(20)15(21)18-9)10-3-13-12(16-5-10)6-17-19(13)2/h3-6,8-9H,7H2,1-2H3,(H,18,21)/t9-/m1/s1. The van der Waals surface area contributed by atoms with Crippen LogP contribution in [0.2, 0.25) is 0 Å². The molecule has 1 atom stereocenters. The summed E-state index contributed by atoms with van der Waals surface area (Å²) in [7, 11) is 1.90. The van der Waals surface area contributed by atoms with E-state index in [0.29, 0.717) is 5.69 Å². The fourth-order valence-electron chi connectivity index (χ4n) is 2.83. The van der Waals surface area contributed by atoms with E-state index in [2.05, 4.69) is 21.5 Å². The summed E-state index contributed by atoms with van der Waals surface area (Å²) in [6, 6.07) is 4.13. The maximum atomic E-state index is 12.0. The monoisotopic (exact) mass is 281 g/mol. The van der Waals surface area contributed by atoms with Gasteiger partial charge in [-0.1, -0.05) is 0 Å². The van der Waals surface area contributed by atoms with Crippen molar-refractivity contribution in [2.75, 3.05) is 0 Å². The minimum Gasteiger partial charge on any atom is -0.347 e. The van der Waals surface area contributed by atoms with Crippen LogP contribution in [0.5, 0.6) is 0 Å². The predicted molar refractivity (Wildman–Crippen MR) is 78.9 cm³/mol. The van der Waals surface area contributed by atoms with Crippen molar-refractivity contribution < 1.29 is 4.79 Å². The molecule has 0 spiro atoms. The third-order valence-corrected chi connectivity index (χ3v) is 3.91. The average molecular weight is 281 g/mol. The van der Waals surface area contributed by atoms with E-state index in [0.717, 1.165) is 28.7 Å². The van der Waals surface area contributed by atoms with Crippen LogP contribution in [-0.2, 0) is 13.6 Å². The highest BCUT2D eigenvalue weighted by molar-refractivity contribution is 5.95. The van der Waals surface area contributed by atoms with Crippen LogP contribution < -0.4 is 5.32 Å². The lowest BCUT2D eigenvalue weighted by Crippen LogP contribution is -2.41. The number of hydrogen-bond donors (Lipinski definition) is 1. The van der Waals surface area contributed by atoms with Gasteiger partial charge in [0.15, 0.2) is 0 Å². The molecular formula is C15H15N5O. The first-order chi connectivity index (χ1) is 10.1. The van der Waals surface area contributed by atoms with Crippen molar-refractivity contribution in [3.63, 3.8) is 0 Å². The van der Waals surface area contributed by atoms with E-state index < -0.39 is 0 Å². The zero-order valence-corrected chi connectivity index (χ0v) is 11.9. The van der Waals surface area contributed by atoms with Gasteiger partial charge in [-0.3, -0.25) is 14.5 Å². The highest BCUT2D eigenvalue weighted by Gasteiger charge is 2.22. The number of nitrogens with zero attached hydrogens (tertiary/aromatic N) is 4. The Balaban J connectivity index is 1.84. The Hall–Kier alpha value is -2.63. The molecule has 1 amide bonds. The summed E-state index contributed by atoms with van der Waals surface area (Å²) >= 11 is 0. The molecule has 4 rings (SSSR count). The molecule has 0 aromatic carbocycles. The van der Waals surface area contributed by atoms with Crippen molar-refractivity contribution in [3.8, 4) is 11.1 Å². The molecule has 0 unspecified atom stereocenters. The predicted octanol–water partition coefficient (Wildman–Crippen LogP) is 1.57. The van der Waals surface area contributed by atoms with Crippen LogP contribution in [-0.4, -0.2) is 31.3 Å². The minimum absolute atomic E-state index is 0.0189. The quantitative estimate of drug-likeness (QED) is 0.736. The molecule has 1 N–H and O–H groups in total. The van der Waals surface area contributed by atoms with Crippen LogP contribution >= 0.6 is 0 Å². The third-order valence-electron chi connectivity index (χ3n) is 3.91. The van der Waals surface area contributed by atoms with Gasteiger partial charge in [0.1, 0.15) is 11.2 Å². The fraction of sp³-hybridized carbons (Fsp3) is 0.267. The summed E-state index contributed by atoms with van der Waals surface area (Å²) < 4.78 is 3.81. The zero-order valence-electron chi connectivity index (χ0n) is 11.9. The summed E-state index contributed by atoms with van der Waals surface area (Å²) in [6.07, 6.45) is 5.59. The number of nitrogens with one attached hydrogen (secondary N) is 1. The van der Waals surface area contributed by atoms with E-state index in [9.17, 15) is 4.79 Å². The number of carbonyl (C=O) groups excluding carboxylic acids is 1. The summed E-state index contributed by atoms with van der Waals surface area (Å²) in [5.74, 6) is -0.0189. The Morgan fingerprint density at radius 3 is 3.00 bits per heavy atom. The van der Waals surface area contributed by atoms with Gasteiger partial charge in [-0.2, -0.15) is 5.10 Å². The molecule has 3 aromatic heterocycles. The van der Waals surface area contributed by atoms with Gasteiger partial charge < -0.3 is 9.88 Å². The number of carbonyl (C=O) groups is 1. The molecule has 0 saturated carbocycles. The molecule has 3 aromatic rings. The highest BCUT2D eigenvalue weighted by atomic mass is 16.2. The summed E-state index contributed by atoms with van der Waals surface area (Å²) in [6.45, 7) is 2.80. The molecule has 6 nitrogen and oxygen atoms in total. The fourth-order valence-corrected chi connectivity index (χ4v) is 2.83. The molecule has 1 aliphatic heterocycles. The molecule has 1 aliphatic rings. The third kappa shape index (κ3) is 1.83. The molecule has 4 heterocycles. The molecular weight excluding hydrogens is 266 g/mol. The van der Waals surface area contributed by atoms with Gasteiger partial charge in [0.05, 0.1) is 11.7 Å². The number of hydrogen-bond acceptors (Lipinski definition) is 3. The lowest BCUT2D eigenvalue weighted by molar-refractivity contribution is 0.0906. The maximum Gasteiger partial charge on any atom is 0.268 e. The molecule has 0 aliphatic carbocycles. The Bertz CT molecular complexity index is 860. The van der Waals surface area contributed by atoms with E-state index in [1.807, 2.05) is 37.0 Å². The van der Waals surface area contributed by atoms with Crippen LogP contribution in [0, 0.1) is 0 Å². The van der Waals surface area contributed by atoms with Crippen molar-refractivity contribution in [2.24, 2.45) is 7.05 Å². The van der Waals surface area contributed by atoms with E-state index in [4.69, 9.17) is 0 Å². The van der Waals surface area contributed by atoms with E-state index >= 15 is 0 Å². The zero-order chi connectivity index (χ0) is 14.6. The smallest absolute Gasteiger partial charge is 0.268 e. The second kappa shape index (κ2) is 4.18. The lowest BCUT2D eigenvalue weighted by atomic mass is 10.1. The maximum absolute atomic E-state index is 12.0. The molecule has 106 valence electrons. The molecule has 0 radical (unpaired) electrons. The first kappa shape index (κ1) is 12.1. The summed E-state index contributed by atoms with van der Waals surface area (Å²) in [4.78, 5) is 16.4. The van der Waals surface area contributed by atoms with Gasteiger partial charge in [0.2, 0.25) is 0 Å². The van der Waals surface area contributed by atoms with Gasteiger partial charge in [-0.15, -0.1) is 0 Å². The SMILES string of the molecule is C[C@@H]1Cn2cc(-c3cnc4cnn(C)c4c3)cc2C(=O)N1. The Morgan fingerprint density at radius 2 is 2.14 bits per heavy atom. The van der Waals surface area contributed by atoms with Gasteiger partial charge in [0.25, 0.3) is 5.91 Å². The summed E-state index contributed by atoms with van der Waals surface area (Å²) in [5.41, 5.74) is 4.55. The normalized spacial score (nSPS) is 17.8. The van der Waals surface area contributed by atoms with Crippen LogP contribution in [0.25, 0.3) is 22.2 Å². The number of pyridine rings is 1. The van der Waals surface area contributed by atoms with Gasteiger partial charge in [-0.05, 0) is 19.1 Å². The molecule has 0 saturated heterocycles. The van der Waals surface area contributed by atoms with Crippen molar-refractivity contribution in [1.29, 1.82) is 0 Å². The van der Waals surface area contributed by atoms with Gasteiger partial charge >= 0.3 is 0 Å². The number of amides is 1. The Morgan fingerprint density at radius 1 is 1.29 bits per heavy atom. The van der Waals surface area contributed by atoms with Crippen molar-refractivity contribution in [2.45, 2.75) is 19.5 Å². The van der Waals surface area contributed by atoms with Crippen LogP contribution in [0.4, 0.5) is 0 Å². The highest BCUT2D eigenvalue weighted by Crippen LogP contribution is 2.26. The topological polar surface area (TPSA) is 64.7 Å². The average Bonchev–Trinajstić information content (AvgIpc) is 3.03. The number of rotatable bonds is 1. The van der Waals surface area contributed by atoms with Crippen LogP contribution in [0.1, 0.15) is 17.4 Å². The number of aryl methyl sites for hydroxylation is 1. The Labute approximate surface area is 121 Å². The second-order valence-electron chi connectivity index (χ2n) is 5.54. The molecule has 0 fully saturated rings. The minimum atomic E-state index is -0.0189. The Kier molecular flexibility index (Phi) is 2.42. The van der Waals surface area contributed by atoms with Crippen molar-refractivity contribution in [3.05, 3.63) is 36.4 Å². The summed E-state index contributed by atoms with van der Waals surface area (Å²) in [5, 5.41) is 7.15. The molecule has 21 heavy (non-hydrogen) atoms.